The van der Waals surface area contributed by atoms with Gasteiger partial charge in [0, 0.05) is 6.54 Å². The zero-order chi connectivity index (χ0) is 21.4. The third-order valence-electron chi connectivity index (χ3n) is 4.11. The average Bonchev–Trinajstić information content (AvgIpc) is 3.08. The Balaban J connectivity index is 0.00000450. The standard InChI is InChI=1S/C21H30N4O3S.HI/c1-7-22-21(23-12-16-9-13(3)10-17(11-16)27-6)25-15(5)19-24-14(4)18(29-19)20(26)28-8-2;/h9-11,15H,7-8,12H2,1-6H3,(H2,22,23,25);1H. The lowest BCUT2D eigenvalue weighted by atomic mass is 10.1. The van der Waals surface area contributed by atoms with E-state index in [4.69, 9.17) is 9.47 Å². The molecule has 0 fully saturated rings. The average molecular weight is 546 g/mol. The van der Waals surface area contributed by atoms with Crippen LogP contribution in [0.25, 0.3) is 0 Å². The second-order valence-electron chi connectivity index (χ2n) is 6.61. The highest BCUT2D eigenvalue weighted by Gasteiger charge is 2.20. The van der Waals surface area contributed by atoms with Crippen LogP contribution in [0.2, 0.25) is 0 Å². The molecule has 1 aromatic heterocycles. The molecule has 0 spiro atoms. The number of aromatic nitrogens is 1. The SMILES string of the molecule is CCNC(=NCc1cc(C)cc(OC)c1)NC(C)c1nc(C)c(C(=O)OCC)s1.I. The quantitative estimate of drug-likeness (QED) is 0.221. The molecule has 0 saturated carbocycles. The molecule has 1 atom stereocenters. The van der Waals surface area contributed by atoms with Crippen molar-refractivity contribution >= 4 is 47.2 Å². The molecular weight excluding hydrogens is 515 g/mol. The van der Waals surface area contributed by atoms with Gasteiger partial charge in [0.1, 0.15) is 15.6 Å². The first kappa shape index (κ1) is 26.2. The van der Waals surface area contributed by atoms with Crippen LogP contribution >= 0.6 is 35.3 Å². The topological polar surface area (TPSA) is 84.8 Å². The number of nitrogens with zero attached hydrogens (tertiary/aromatic N) is 2. The Morgan fingerprint density at radius 1 is 1.27 bits per heavy atom. The number of carbonyl (C=O) groups excluding carboxylic acids is 1. The number of aliphatic imine (C=N–C) groups is 1. The molecule has 1 aromatic carbocycles. The number of methoxy groups -OCH3 is 1. The molecule has 166 valence electrons. The number of halogens is 1. The van der Waals surface area contributed by atoms with Crippen molar-refractivity contribution in [1.82, 2.24) is 15.6 Å². The Morgan fingerprint density at radius 2 is 2.00 bits per heavy atom. The van der Waals surface area contributed by atoms with Crippen LogP contribution in [-0.4, -0.2) is 37.2 Å². The van der Waals surface area contributed by atoms with Crippen LogP contribution in [0.5, 0.6) is 5.75 Å². The third kappa shape index (κ3) is 7.42. The van der Waals surface area contributed by atoms with E-state index in [1.165, 1.54) is 11.3 Å². The molecule has 0 aliphatic heterocycles. The number of hydrogen-bond acceptors (Lipinski definition) is 6. The fourth-order valence-corrected chi connectivity index (χ4v) is 3.74. The minimum Gasteiger partial charge on any atom is -0.497 e. The summed E-state index contributed by atoms with van der Waals surface area (Å²) in [6, 6.07) is 5.96. The minimum absolute atomic E-state index is 0. The summed E-state index contributed by atoms with van der Waals surface area (Å²) in [6.07, 6.45) is 0. The molecule has 0 bridgehead atoms. The molecule has 0 radical (unpaired) electrons. The van der Waals surface area contributed by atoms with Gasteiger partial charge in [0.2, 0.25) is 0 Å². The highest BCUT2D eigenvalue weighted by molar-refractivity contribution is 14.0. The second kappa shape index (κ2) is 12.7. The van der Waals surface area contributed by atoms with Crippen molar-refractivity contribution in [2.75, 3.05) is 20.3 Å². The maximum absolute atomic E-state index is 12.0. The normalized spacial score (nSPS) is 12.0. The van der Waals surface area contributed by atoms with E-state index in [0.29, 0.717) is 29.7 Å². The predicted molar refractivity (Wildman–Crippen MR) is 132 cm³/mol. The van der Waals surface area contributed by atoms with E-state index in [-0.39, 0.29) is 36.0 Å². The molecule has 9 heteroatoms. The van der Waals surface area contributed by atoms with Crippen LogP contribution in [0.15, 0.2) is 23.2 Å². The monoisotopic (exact) mass is 546 g/mol. The number of rotatable bonds is 8. The summed E-state index contributed by atoms with van der Waals surface area (Å²) in [5.74, 6) is 1.19. The van der Waals surface area contributed by atoms with E-state index >= 15 is 0 Å². The molecule has 0 amide bonds. The van der Waals surface area contributed by atoms with E-state index in [0.717, 1.165) is 28.4 Å². The molecule has 0 aliphatic rings. The van der Waals surface area contributed by atoms with E-state index in [1.807, 2.05) is 39.8 Å². The van der Waals surface area contributed by atoms with Gasteiger partial charge in [0.15, 0.2) is 5.96 Å². The molecular formula is C21H31IN4O3S. The van der Waals surface area contributed by atoms with Crippen molar-refractivity contribution < 1.29 is 14.3 Å². The van der Waals surface area contributed by atoms with Gasteiger partial charge in [-0.2, -0.15) is 0 Å². The summed E-state index contributed by atoms with van der Waals surface area (Å²) in [5, 5.41) is 7.43. The summed E-state index contributed by atoms with van der Waals surface area (Å²) in [7, 11) is 1.66. The summed E-state index contributed by atoms with van der Waals surface area (Å²) < 4.78 is 10.4. The lowest BCUT2D eigenvalue weighted by Gasteiger charge is -2.16. The first-order valence-electron chi connectivity index (χ1n) is 9.71. The summed E-state index contributed by atoms with van der Waals surface area (Å²) in [5.41, 5.74) is 2.89. The number of aryl methyl sites for hydroxylation is 2. The van der Waals surface area contributed by atoms with Gasteiger partial charge >= 0.3 is 5.97 Å². The van der Waals surface area contributed by atoms with Crippen LogP contribution in [0.3, 0.4) is 0 Å². The predicted octanol–water partition coefficient (Wildman–Crippen LogP) is 4.38. The lowest BCUT2D eigenvalue weighted by molar-refractivity contribution is 0.0531. The smallest absolute Gasteiger partial charge is 0.350 e. The molecule has 2 rings (SSSR count). The van der Waals surface area contributed by atoms with Gasteiger partial charge in [-0.3, -0.25) is 0 Å². The van der Waals surface area contributed by atoms with E-state index < -0.39 is 0 Å². The van der Waals surface area contributed by atoms with Crippen molar-refractivity contribution in [3.63, 3.8) is 0 Å². The summed E-state index contributed by atoms with van der Waals surface area (Å²) >= 11 is 1.35. The first-order valence-corrected chi connectivity index (χ1v) is 10.5. The van der Waals surface area contributed by atoms with Gasteiger partial charge in [0.25, 0.3) is 0 Å². The number of esters is 1. The third-order valence-corrected chi connectivity index (χ3v) is 5.43. The fraction of sp³-hybridized carbons (Fsp3) is 0.476. The number of nitrogens with one attached hydrogen (secondary N) is 2. The maximum Gasteiger partial charge on any atom is 0.350 e. The molecule has 2 aromatic rings. The minimum atomic E-state index is -0.324. The Morgan fingerprint density at radius 3 is 2.63 bits per heavy atom. The zero-order valence-corrected chi connectivity index (χ0v) is 21.5. The van der Waals surface area contributed by atoms with Crippen molar-refractivity contribution in [2.45, 2.75) is 47.2 Å². The van der Waals surface area contributed by atoms with Gasteiger partial charge in [-0.25, -0.2) is 14.8 Å². The van der Waals surface area contributed by atoms with Crippen LogP contribution in [0.4, 0.5) is 0 Å². The number of ether oxygens (including phenoxy) is 2. The van der Waals surface area contributed by atoms with Crippen molar-refractivity contribution in [3.05, 3.63) is 44.9 Å². The molecule has 1 heterocycles. The molecule has 0 saturated heterocycles. The Hall–Kier alpha value is -1.88. The number of benzene rings is 1. The van der Waals surface area contributed by atoms with Crippen LogP contribution in [0.1, 0.15) is 58.3 Å². The molecule has 7 nitrogen and oxygen atoms in total. The molecule has 0 aliphatic carbocycles. The number of thiazole rings is 1. The first-order chi connectivity index (χ1) is 13.9. The molecule has 1 unspecified atom stereocenters. The van der Waals surface area contributed by atoms with Crippen molar-refractivity contribution in [3.8, 4) is 5.75 Å². The van der Waals surface area contributed by atoms with Gasteiger partial charge in [-0.15, -0.1) is 35.3 Å². The van der Waals surface area contributed by atoms with E-state index in [2.05, 4.69) is 26.7 Å². The second-order valence-corrected chi connectivity index (χ2v) is 7.64. The summed E-state index contributed by atoms with van der Waals surface area (Å²) in [4.78, 5) is 21.8. The van der Waals surface area contributed by atoms with Crippen LogP contribution < -0.4 is 15.4 Å². The molecule has 30 heavy (non-hydrogen) atoms. The van der Waals surface area contributed by atoms with Crippen molar-refractivity contribution in [1.29, 1.82) is 0 Å². The van der Waals surface area contributed by atoms with Crippen LogP contribution in [0, 0.1) is 13.8 Å². The Kier molecular flexibility index (Phi) is 11.1. The largest absolute Gasteiger partial charge is 0.497 e. The highest BCUT2D eigenvalue weighted by Crippen LogP contribution is 2.24. The maximum atomic E-state index is 12.0. The van der Waals surface area contributed by atoms with Crippen molar-refractivity contribution in [2.24, 2.45) is 4.99 Å². The Bertz CT molecular complexity index is 870. The van der Waals surface area contributed by atoms with E-state index in [9.17, 15) is 4.79 Å². The van der Waals surface area contributed by atoms with Gasteiger partial charge < -0.3 is 20.1 Å². The lowest BCUT2D eigenvalue weighted by Crippen LogP contribution is -2.38. The number of guanidine groups is 1. The van der Waals surface area contributed by atoms with Gasteiger partial charge in [0.05, 0.1) is 32.0 Å². The van der Waals surface area contributed by atoms with Gasteiger partial charge in [-0.1, -0.05) is 6.07 Å². The fourth-order valence-electron chi connectivity index (χ4n) is 2.78. The Labute approximate surface area is 199 Å². The highest BCUT2D eigenvalue weighted by atomic mass is 127. The van der Waals surface area contributed by atoms with Crippen LogP contribution in [-0.2, 0) is 11.3 Å². The number of carbonyl (C=O) groups is 1. The number of hydrogen-bond donors (Lipinski definition) is 2. The van der Waals surface area contributed by atoms with E-state index in [1.54, 1.807) is 14.0 Å². The summed E-state index contributed by atoms with van der Waals surface area (Å²) in [6.45, 7) is 11.3. The zero-order valence-electron chi connectivity index (χ0n) is 18.4. The van der Waals surface area contributed by atoms with Gasteiger partial charge in [-0.05, 0) is 57.9 Å². The molecule has 2 N–H and O–H groups in total.